The molecule has 0 fully saturated rings. The van der Waals surface area contributed by atoms with Crippen LogP contribution in [-0.2, 0) is 4.79 Å². The van der Waals surface area contributed by atoms with Gasteiger partial charge in [0.25, 0.3) is 0 Å². The second-order valence-electron chi connectivity index (χ2n) is 5.60. The highest BCUT2D eigenvalue weighted by atomic mass is 16.5. The first-order valence-electron chi connectivity index (χ1n) is 7.78. The molecule has 0 aliphatic rings. The molecular formula is C19H19N3O2. The molecule has 5 heteroatoms. The third-order valence-electron chi connectivity index (χ3n) is 3.72. The van der Waals surface area contributed by atoms with E-state index in [0.29, 0.717) is 5.88 Å². The zero-order valence-electron chi connectivity index (χ0n) is 13.4. The quantitative estimate of drug-likeness (QED) is 0.758. The fourth-order valence-electron chi connectivity index (χ4n) is 2.30. The van der Waals surface area contributed by atoms with Crippen LogP contribution in [0.3, 0.4) is 0 Å². The lowest BCUT2D eigenvalue weighted by molar-refractivity contribution is -0.122. The van der Waals surface area contributed by atoms with Crippen molar-refractivity contribution < 1.29 is 9.53 Å². The summed E-state index contributed by atoms with van der Waals surface area (Å²) in [7, 11) is 0. The van der Waals surface area contributed by atoms with Crippen molar-refractivity contribution in [3.63, 3.8) is 0 Å². The van der Waals surface area contributed by atoms with Gasteiger partial charge in [-0.15, -0.1) is 5.10 Å². The number of rotatable bonds is 6. The van der Waals surface area contributed by atoms with Gasteiger partial charge in [0.05, 0.1) is 17.3 Å². The number of ether oxygens (including phenoxy) is 1. The van der Waals surface area contributed by atoms with E-state index in [1.807, 2.05) is 71.4 Å². The topological polar surface area (TPSA) is 70.1 Å². The third-order valence-corrected chi connectivity index (χ3v) is 3.72. The van der Waals surface area contributed by atoms with Crippen LogP contribution in [0.4, 0.5) is 0 Å². The summed E-state index contributed by atoms with van der Waals surface area (Å²) in [6.45, 7) is 1.93. The molecule has 0 aliphatic carbocycles. The number of primary amides is 1. The van der Waals surface area contributed by atoms with E-state index in [0.717, 1.165) is 16.9 Å². The summed E-state index contributed by atoms with van der Waals surface area (Å²) in [6.07, 6.45) is 0. The van der Waals surface area contributed by atoms with Crippen LogP contribution in [0.1, 0.15) is 6.92 Å². The van der Waals surface area contributed by atoms with E-state index in [1.165, 1.54) is 0 Å². The number of hydrogen-bond acceptors (Lipinski definition) is 3. The van der Waals surface area contributed by atoms with Gasteiger partial charge in [0.1, 0.15) is 6.61 Å². The Balaban J connectivity index is 1.96. The number of nitrogens with zero attached hydrogens (tertiary/aromatic N) is 2. The lowest BCUT2D eigenvalue weighted by Crippen LogP contribution is -2.25. The number of para-hydroxylation sites is 1. The largest absolute Gasteiger partial charge is 0.476 e. The van der Waals surface area contributed by atoms with Crippen molar-refractivity contribution in [3.8, 4) is 22.8 Å². The van der Waals surface area contributed by atoms with Crippen molar-refractivity contribution in [1.29, 1.82) is 0 Å². The van der Waals surface area contributed by atoms with Gasteiger partial charge in [-0.1, -0.05) is 55.5 Å². The Kier molecular flexibility index (Phi) is 4.61. The summed E-state index contributed by atoms with van der Waals surface area (Å²) in [5.41, 5.74) is 8.17. The van der Waals surface area contributed by atoms with E-state index >= 15 is 0 Å². The first-order chi connectivity index (χ1) is 11.6. The third kappa shape index (κ3) is 3.46. The van der Waals surface area contributed by atoms with Crippen molar-refractivity contribution >= 4 is 5.91 Å². The minimum absolute atomic E-state index is 0.204. The van der Waals surface area contributed by atoms with E-state index in [4.69, 9.17) is 10.5 Å². The van der Waals surface area contributed by atoms with E-state index in [1.54, 1.807) is 6.92 Å². The van der Waals surface area contributed by atoms with Crippen LogP contribution in [0.15, 0.2) is 66.7 Å². The summed E-state index contributed by atoms with van der Waals surface area (Å²) >= 11 is 0. The Bertz CT molecular complexity index is 756. The number of aromatic nitrogens is 2. The van der Waals surface area contributed by atoms with Gasteiger partial charge >= 0.3 is 0 Å². The minimum Gasteiger partial charge on any atom is -0.476 e. The monoisotopic (exact) mass is 321 g/mol. The van der Waals surface area contributed by atoms with Gasteiger partial charge in [-0.25, -0.2) is 4.68 Å². The van der Waals surface area contributed by atoms with Crippen molar-refractivity contribution in [2.45, 2.75) is 6.92 Å². The first-order valence-corrected chi connectivity index (χ1v) is 7.78. The standard InChI is InChI=1S/C19H19N3O2/c1-14(19(20)23)13-24-18-12-17(15-8-4-2-5-9-15)22(21-18)16-10-6-3-7-11-16/h2-12,14H,13H2,1H3,(H2,20,23). The predicted molar refractivity (Wildman–Crippen MR) is 92.9 cm³/mol. The SMILES string of the molecule is CC(COc1cc(-c2ccccc2)n(-c2ccccc2)n1)C(N)=O. The Morgan fingerprint density at radius 2 is 1.75 bits per heavy atom. The van der Waals surface area contributed by atoms with Gasteiger partial charge in [0.15, 0.2) is 0 Å². The Morgan fingerprint density at radius 3 is 2.38 bits per heavy atom. The van der Waals surface area contributed by atoms with E-state index < -0.39 is 0 Å². The highest BCUT2D eigenvalue weighted by Gasteiger charge is 2.15. The van der Waals surface area contributed by atoms with Crippen molar-refractivity contribution in [1.82, 2.24) is 9.78 Å². The molecule has 2 N–H and O–H groups in total. The molecule has 1 atom stereocenters. The number of benzene rings is 2. The maximum atomic E-state index is 11.2. The zero-order valence-corrected chi connectivity index (χ0v) is 13.4. The summed E-state index contributed by atoms with van der Waals surface area (Å²) in [4.78, 5) is 11.2. The fraction of sp³-hybridized carbons (Fsp3) is 0.158. The van der Waals surface area contributed by atoms with Crippen LogP contribution in [0, 0.1) is 5.92 Å². The molecule has 0 radical (unpaired) electrons. The van der Waals surface area contributed by atoms with E-state index in [-0.39, 0.29) is 18.4 Å². The Labute approximate surface area is 140 Å². The first kappa shape index (κ1) is 15.8. The maximum absolute atomic E-state index is 11.2. The normalized spacial score (nSPS) is 11.9. The average molecular weight is 321 g/mol. The maximum Gasteiger partial charge on any atom is 0.233 e. The smallest absolute Gasteiger partial charge is 0.233 e. The summed E-state index contributed by atoms with van der Waals surface area (Å²) in [6, 6.07) is 21.7. The molecule has 1 aromatic heterocycles. The second-order valence-corrected chi connectivity index (χ2v) is 5.60. The van der Waals surface area contributed by atoms with Gasteiger partial charge in [-0.2, -0.15) is 0 Å². The van der Waals surface area contributed by atoms with Crippen LogP contribution in [0.5, 0.6) is 5.88 Å². The molecule has 0 aliphatic heterocycles. The molecule has 1 unspecified atom stereocenters. The van der Waals surface area contributed by atoms with Gasteiger partial charge in [0, 0.05) is 11.6 Å². The van der Waals surface area contributed by atoms with Crippen LogP contribution in [0.25, 0.3) is 16.9 Å². The van der Waals surface area contributed by atoms with E-state index in [2.05, 4.69) is 5.10 Å². The molecule has 3 rings (SSSR count). The highest BCUT2D eigenvalue weighted by molar-refractivity contribution is 5.76. The molecule has 0 bridgehead atoms. The second kappa shape index (κ2) is 7.00. The molecule has 1 amide bonds. The summed E-state index contributed by atoms with van der Waals surface area (Å²) in [5.74, 6) is -0.293. The lowest BCUT2D eigenvalue weighted by atomic mass is 10.1. The number of carbonyl (C=O) groups is 1. The molecule has 122 valence electrons. The highest BCUT2D eigenvalue weighted by Crippen LogP contribution is 2.27. The summed E-state index contributed by atoms with van der Waals surface area (Å²) < 4.78 is 7.49. The van der Waals surface area contributed by atoms with Gasteiger partial charge < -0.3 is 10.5 Å². The molecule has 1 heterocycles. The Hall–Kier alpha value is -3.08. The molecule has 2 aromatic carbocycles. The van der Waals surface area contributed by atoms with Crippen molar-refractivity contribution in [2.24, 2.45) is 11.7 Å². The van der Waals surface area contributed by atoms with Gasteiger partial charge in [-0.3, -0.25) is 4.79 Å². The van der Waals surface area contributed by atoms with E-state index in [9.17, 15) is 4.79 Å². The van der Waals surface area contributed by atoms with Crippen LogP contribution in [0.2, 0.25) is 0 Å². The Morgan fingerprint density at radius 1 is 1.12 bits per heavy atom. The number of hydrogen-bond donors (Lipinski definition) is 1. The van der Waals surface area contributed by atoms with Crippen molar-refractivity contribution in [2.75, 3.05) is 6.61 Å². The zero-order chi connectivity index (χ0) is 16.9. The average Bonchev–Trinajstić information content (AvgIpc) is 3.05. The molecule has 0 spiro atoms. The molecule has 0 saturated carbocycles. The molecule has 24 heavy (non-hydrogen) atoms. The van der Waals surface area contributed by atoms with Crippen molar-refractivity contribution in [3.05, 3.63) is 66.7 Å². The van der Waals surface area contributed by atoms with Crippen LogP contribution < -0.4 is 10.5 Å². The molecule has 0 saturated heterocycles. The lowest BCUT2D eigenvalue weighted by Gasteiger charge is -2.07. The molecular weight excluding hydrogens is 302 g/mol. The van der Waals surface area contributed by atoms with Crippen LogP contribution >= 0.6 is 0 Å². The number of amides is 1. The molecule has 5 nitrogen and oxygen atoms in total. The van der Waals surface area contributed by atoms with Gasteiger partial charge in [-0.05, 0) is 12.1 Å². The number of carbonyl (C=O) groups excluding carboxylic acids is 1. The fourth-order valence-corrected chi connectivity index (χ4v) is 2.30. The summed E-state index contributed by atoms with van der Waals surface area (Å²) in [5, 5.41) is 4.53. The van der Waals surface area contributed by atoms with Crippen LogP contribution in [-0.4, -0.2) is 22.3 Å². The van der Waals surface area contributed by atoms with Gasteiger partial charge in [0.2, 0.25) is 11.8 Å². The number of nitrogens with two attached hydrogens (primary N) is 1. The molecule has 3 aromatic rings. The minimum atomic E-state index is -0.388. The predicted octanol–water partition coefficient (Wildman–Crippen LogP) is 3.04.